The van der Waals surface area contributed by atoms with E-state index in [9.17, 15) is 4.79 Å². The summed E-state index contributed by atoms with van der Waals surface area (Å²) in [7, 11) is 0. The first-order valence-electron chi connectivity index (χ1n) is 8.22. The number of halogens is 1. The Bertz CT molecular complexity index is 781. The number of carbonyl (C=O) groups excluding carboxylic acids is 1. The van der Waals surface area contributed by atoms with Gasteiger partial charge in [0.2, 0.25) is 5.91 Å². The molecular weight excluding hydrogens is 358 g/mol. The molecule has 1 spiro atoms. The topological polar surface area (TPSA) is 53.9 Å². The monoisotopic (exact) mass is 375 g/mol. The second-order valence-electron chi connectivity index (χ2n) is 6.31. The Hall–Kier alpha value is -1.89. The summed E-state index contributed by atoms with van der Waals surface area (Å²) >= 11 is 7.55. The summed E-state index contributed by atoms with van der Waals surface area (Å²) in [4.78, 5) is 24.9. The molecule has 130 valence electrons. The zero-order valence-corrected chi connectivity index (χ0v) is 15.1. The lowest BCUT2D eigenvalue weighted by Crippen LogP contribution is -2.47. The maximum Gasteiger partial charge on any atom is 0.227 e. The number of hydroxylamine groups is 1. The Kier molecular flexibility index (Phi) is 4.50. The highest BCUT2D eigenvalue weighted by Gasteiger charge is 2.41. The zero-order valence-electron chi connectivity index (χ0n) is 13.6. The van der Waals surface area contributed by atoms with Crippen LogP contribution in [0.3, 0.4) is 0 Å². The van der Waals surface area contributed by atoms with Crippen LogP contribution < -0.4 is 5.48 Å². The van der Waals surface area contributed by atoms with Gasteiger partial charge in [-0.05, 0) is 46.7 Å². The van der Waals surface area contributed by atoms with Crippen molar-refractivity contribution in [3.63, 3.8) is 0 Å². The fraction of sp³-hybridized carbons (Fsp3) is 0.333. The number of carbonyl (C=O) groups is 1. The van der Waals surface area contributed by atoms with Gasteiger partial charge in [0.25, 0.3) is 0 Å². The maximum absolute atomic E-state index is 12.4. The van der Waals surface area contributed by atoms with Crippen LogP contribution in [0.4, 0.5) is 0 Å². The number of rotatable bonds is 3. The summed E-state index contributed by atoms with van der Waals surface area (Å²) in [6, 6.07) is 9.49. The molecule has 0 aliphatic carbocycles. The van der Waals surface area contributed by atoms with Crippen molar-refractivity contribution >= 4 is 34.7 Å². The molecule has 0 bridgehead atoms. The molecule has 2 aromatic rings. The minimum atomic E-state index is -0.575. The van der Waals surface area contributed by atoms with E-state index < -0.39 is 5.72 Å². The van der Waals surface area contributed by atoms with Gasteiger partial charge in [-0.25, -0.2) is 15.3 Å². The summed E-state index contributed by atoms with van der Waals surface area (Å²) in [5.41, 5.74) is 4.39. The number of hydrogen-bond donors (Lipinski definition) is 1. The molecule has 1 aromatic carbocycles. The molecule has 25 heavy (non-hydrogen) atoms. The molecule has 1 amide bonds. The van der Waals surface area contributed by atoms with E-state index in [-0.39, 0.29) is 5.91 Å². The van der Waals surface area contributed by atoms with Crippen LogP contribution in [0.1, 0.15) is 24.0 Å². The lowest BCUT2D eigenvalue weighted by Gasteiger charge is -2.35. The third-order valence-corrected chi connectivity index (χ3v) is 5.59. The molecule has 0 radical (unpaired) electrons. The number of hydrogen-bond acceptors (Lipinski definition) is 5. The van der Waals surface area contributed by atoms with Crippen LogP contribution in [-0.2, 0) is 16.1 Å². The lowest BCUT2D eigenvalue weighted by atomic mass is 10.0. The van der Waals surface area contributed by atoms with Gasteiger partial charge in [-0.15, -0.1) is 0 Å². The number of piperidine rings is 1. The molecule has 1 aromatic heterocycles. The van der Waals surface area contributed by atoms with Crippen LogP contribution in [-0.4, -0.2) is 35.5 Å². The molecule has 0 unspecified atom stereocenters. The van der Waals surface area contributed by atoms with Gasteiger partial charge in [0.1, 0.15) is 0 Å². The smallest absolute Gasteiger partial charge is 0.227 e. The van der Waals surface area contributed by atoms with Gasteiger partial charge in [0.15, 0.2) is 11.6 Å². The predicted molar refractivity (Wildman–Crippen MR) is 98.8 cm³/mol. The van der Waals surface area contributed by atoms with E-state index >= 15 is 0 Å². The SMILES string of the molecule is O=C(Cc1ccsc1)N1CCC2(CC1)N=C(c1ccc(Cl)cc1)NO2. The first-order valence-corrected chi connectivity index (χ1v) is 9.54. The van der Waals surface area contributed by atoms with Crippen molar-refractivity contribution in [1.29, 1.82) is 0 Å². The molecule has 2 aliphatic rings. The molecule has 0 atom stereocenters. The number of amidine groups is 1. The average molecular weight is 376 g/mol. The Labute approximate surface area is 155 Å². The molecule has 0 saturated carbocycles. The normalized spacial score (nSPS) is 18.9. The van der Waals surface area contributed by atoms with Crippen molar-refractivity contribution in [2.45, 2.75) is 25.0 Å². The van der Waals surface area contributed by atoms with Crippen LogP contribution in [0.25, 0.3) is 0 Å². The number of aliphatic imine (C=N–C) groups is 1. The van der Waals surface area contributed by atoms with Crippen molar-refractivity contribution in [3.8, 4) is 0 Å². The van der Waals surface area contributed by atoms with E-state index in [1.54, 1.807) is 11.3 Å². The summed E-state index contributed by atoms with van der Waals surface area (Å²) in [5, 5.41) is 4.71. The molecular formula is C18H18ClN3O2S. The molecule has 3 heterocycles. The Morgan fingerprint density at radius 1 is 1.28 bits per heavy atom. The van der Waals surface area contributed by atoms with Gasteiger partial charge in [0, 0.05) is 36.5 Å². The molecule has 1 N–H and O–H groups in total. The minimum Gasteiger partial charge on any atom is -0.342 e. The third kappa shape index (κ3) is 3.56. The third-order valence-electron chi connectivity index (χ3n) is 4.60. The molecule has 7 heteroatoms. The second-order valence-corrected chi connectivity index (χ2v) is 7.52. The van der Waals surface area contributed by atoms with E-state index in [1.807, 2.05) is 46.0 Å². The molecule has 1 saturated heterocycles. The summed E-state index contributed by atoms with van der Waals surface area (Å²) in [5.74, 6) is 0.885. The molecule has 1 fully saturated rings. The van der Waals surface area contributed by atoms with Gasteiger partial charge in [0.05, 0.1) is 6.42 Å². The number of thiophene rings is 1. The number of nitrogens with one attached hydrogen (secondary N) is 1. The fourth-order valence-corrected chi connectivity index (χ4v) is 3.92. The Morgan fingerprint density at radius 3 is 2.72 bits per heavy atom. The Morgan fingerprint density at radius 2 is 2.04 bits per heavy atom. The first kappa shape index (κ1) is 16.6. The average Bonchev–Trinajstić information content (AvgIpc) is 3.27. The van der Waals surface area contributed by atoms with E-state index in [4.69, 9.17) is 21.4 Å². The van der Waals surface area contributed by atoms with Crippen LogP contribution >= 0.6 is 22.9 Å². The van der Waals surface area contributed by atoms with Crippen LogP contribution in [0.2, 0.25) is 5.02 Å². The first-order chi connectivity index (χ1) is 12.1. The highest BCUT2D eigenvalue weighted by molar-refractivity contribution is 7.08. The van der Waals surface area contributed by atoms with Crippen molar-refractivity contribution in [3.05, 3.63) is 57.2 Å². The van der Waals surface area contributed by atoms with Crippen molar-refractivity contribution < 1.29 is 9.63 Å². The molecule has 4 rings (SSSR count). The van der Waals surface area contributed by atoms with Crippen LogP contribution in [0.15, 0.2) is 46.1 Å². The predicted octanol–water partition coefficient (Wildman–Crippen LogP) is 3.24. The zero-order chi connectivity index (χ0) is 17.3. The number of nitrogens with zero attached hydrogens (tertiary/aromatic N) is 2. The minimum absolute atomic E-state index is 0.168. The van der Waals surface area contributed by atoms with Crippen LogP contribution in [0, 0.1) is 0 Å². The second kappa shape index (κ2) is 6.78. The fourth-order valence-electron chi connectivity index (χ4n) is 3.12. The van der Waals surface area contributed by atoms with Crippen molar-refractivity contribution in [2.75, 3.05) is 13.1 Å². The largest absolute Gasteiger partial charge is 0.342 e. The van der Waals surface area contributed by atoms with Crippen molar-refractivity contribution in [1.82, 2.24) is 10.4 Å². The van der Waals surface area contributed by atoms with E-state index in [2.05, 4.69) is 5.48 Å². The lowest BCUT2D eigenvalue weighted by molar-refractivity contribution is -0.138. The Balaban J connectivity index is 1.39. The highest BCUT2D eigenvalue weighted by atomic mass is 35.5. The molecule has 5 nitrogen and oxygen atoms in total. The van der Waals surface area contributed by atoms with Gasteiger partial charge < -0.3 is 4.90 Å². The summed E-state index contributed by atoms with van der Waals surface area (Å²) in [6.07, 6.45) is 1.84. The molecule has 2 aliphatic heterocycles. The van der Waals surface area contributed by atoms with E-state index in [1.165, 1.54) is 0 Å². The van der Waals surface area contributed by atoms with Gasteiger partial charge in [-0.2, -0.15) is 11.3 Å². The standard InChI is InChI=1S/C18H18ClN3O2S/c19-15-3-1-14(2-4-15)17-20-18(24-21-17)6-8-22(9-7-18)16(23)11-13-5-10-25-12-13/h1-5,10,12H,6-9,11H2,(H,20,21). The summed E-state index contributed by atoms with van der Waals surface area (Å²) in [6.45, 7) is 1.31. The van der Waals surface area contributed by atoms with Gasteiger partial charge in [-0.1, -0.05) is 11.6 Å². The quantitative estimate of drug-likeness (QED) is 0.896. The van der Waals surface area contributed by atoms with Crippen molar-refractivity contribution in [2.24, 2.45) is 4.99 Å². The van der Waals surface area contributed by atoms with Gasteiger partial charge in [-0.3, -0.25) is 4.79 Å². The van der Waals surface area contributed by atoms with E-state index in [0.717, 1.165) is 17.0 Å². The maximum atomic E-state index is 12.4. The number of amides is 1. The summed E-state index contributed by atoms with van der Waals surface area (Å²) < 4.78 is 0. The van der Waals surface area contributed by atoms with Crippen LogP contribution in [0.5, 0.6) is 0 Å². The highest BCUT2D eigenvalue weighted by Crippen LogP contribution is 2.31. The van der Waals surface area contributed by atoms with E-state index in [0.29, 0.717) is 37.4 Å². The number of likely N-dealkylation sites (tertiary alicyclic amines) is 1. The van der Waals surface area contributed by atoms with Gasteiger partial charge >= 0.3 is 0 Å². The number of benzene rings is 1.